The van der Waals surface area contributed by atoms with Crippen molar-refractivity contribution in [1.29, 1.82) is 0 Å². The molecular weight excluding hydrogens is 355 g/mol. The van der Waals surface area contributed by atoms with Gasteiger partial charge in [-0.2, -0.15) is 0 Å². The van der Waals surface area contributed by atoms with Crippen LogP contribution in [0.3, 0.4) is 0 Å². The first-order valence-corrected chi connectivity index (χ1v) is 8.69. The molecule has 0 fully saturated rings. The summed E-state index contributed by atoms with van der Waals surface area (Å²) < 4.78 is 18.2. The smallest absolute Gasteiger partial charge is 0.339 e. The number of ether oxygens (including phenoxy) is 1. The third kappa shape index (κ3) is 4.31. The minimum Gasteiger partial charge on any atom is -0.449 e. The number of benzene rings is 2. The molecule has 1 unspecified atom stereocenters. The van der Waals surface area contributed by atoms with Gasteiger partial charge in [0.15, 0.2) is 11.2 Å². The van der Waals surface area contributed by atoms with Crippen LogP contribution in [-0.2, 0) is 9.53 Å². The Morgan fingerprint density at radius 1 is 1.15 bits per heavy atom. The number of nitrogens with one attached hydrogen (secondary N) is 1. The van der Waals surface area contributed by atoms with Gasteiger partial charge in [-0.25, -0.2) is 14.2 Å². The highest BCUT2D eigenvalue weighted by atomic mass is 32.1. The Hall–Kier alpha value is -3.06. The number of aromatic nitrogens is 1. The van der Waals surface area contributed by atoms with Crippen LogP contribution in [0.4, 0.5) is 9.52 Å². The topological polar surface area (TPSA) is 68.3 Å². The highest BCUT2D eigenvalue weighted by Crippen LogP contribution is 2.24. The first kappa shape index (κ1) is 17.8. The van der Waals surface area contributed by atoms with Crippen LogP contribution in [0, 0.1) is 5.82 Å². The van der Waals surface area contributed by atoms with Gasteiger partial charge in [-0.3, -0.25) is 10.1 Å². The lowest BCUT2D eigenvalue weighted by Gasteiger charge is -2.12. The van der Waals surface area contributed by atoms with Crippen LogP contribution >= 0.6 is 11.3 Å². The number of hydrogen-bond acceptors (Lipinski definition) is 5. The van der Waals surface area contributed by atoms with Gasteiger partial charge in [0.2, 0.25) is 0 Å². The van der Waals surface area contributed by atoms with Crippen LogP contribution < -0.4 is 5.32 Å². The standard InChI is InChI=1S/C19H15FN2O3S/c1-12(25-18(24)14-8-5-9-15(20)10-14)17(23)22-19-21-16(11-26-19)13-6-3-2-4-7-13/h2-12H,1H3,(H,21,22,23). The maximum atomic E-state index is 13.2. The van der Waals surface area contributed by atoms with E-state index in [1.54, 1.807) is 0 Å². The van der Waals surface area contributed by atoms with E-state index in [2.05, 4.69) is 10.3 Å². The van der Waals surface area contributed by atoms with Gasteiger partial charge in [0.05, 0.1) is 11.3 Å². The number of amides is 1. The van der Waals surface area contributed by atoms with Crippen molar-refractivity contribution in [2.45, 2.75) is 13.0 Å². The Bertz CT molecular complexity index is 927. The van der Waals surface area contributed by atoms with E-state index in [0.29, 0.717) is 5.13 Å². The van der Waals surface area contributed by atoms with Crippen molar-refractivity contribution in [2.75, 3.05) is 5.32 Å². The van der Waals surface area contributed by atoms with Crippen LogP contribution in [0.5, 0.6) is 0 Å². The summed E-state index contributed by atoms with van der Waals surface area (Å²) in [5.74, 6) is -1.83. The summed E-state index contributed by atoms with van der Waals surface area (Å²) in [6, 6.07) is 14.7. The quantitative estimate of drug-likeness (QED) is 0.686. The zero-order chi connectivity index (χ0) is 18.5. The summed E-state index contributed by atoms with van der Waals surface area (Å²) in [6.07, 6.45) is -1.05. The molecule has 0 aliphatic carbocycles. The largest absolute Gasteiger partial charge is 0.449 e. The number of esters is 1. The van der Waals surface area contributed by atoms with Crippen molar-refractivity contribution in [3.8, 4) is 11.3 Å². The Labute approximate surface area is 153 Å². The molecular formula is C19H15FN2O3S. The molecule has 0 spiro atoms. The Morgan fingerprint density at radius 3 is 2.65 bits per heavy atom. The number of hydrogen-bond donors (Lipinski definition) is 1. The number of thiazole rings is 1. The molecule has 2 aromatic carbocycles. The fourth-order valence-electron chi connectivity index (χ4n) is 2.18. The molecule has 0 aliphatic rings. The van der Waals surface area contributed by atoms with Crippen molar-refractivity contribution < 1.29 is 18.7 Å². The number of halogens is 1. The van der Waals surface area contributed by atoms with Gasteiger partial charge in [0, 0.05) is 10.9 Å². The minimum absolute atomic E-state index is 0.0465. The van der Waals surface area contributed by atoms with Gasteiger partial charge >= 0.3 is 5.97 Å². The van der Waals surface area contributed by atoms with Crippen molar-refractivity contribution in [2.24, 2.45) is 0 Å². The second kappa shape index (κ2) is 7.88. The van der Waals surface area contributed by atoms with Crippen molar-refractivity contribution in [1.82, 2.24) is 4.98 Å². The molecule has 1 heterocycles. The molecule has 3 rings (SSSR count). The lowest BCUT2D eigenvalue weighted by molar-refractivity contribution is -0.123. The molecule has 3 aromatic rings. The van der Waals surface area contributed by atoms with Crippen LogP contribution in [0.25, 0.3) is 11.3 Å². The van der Waals surface area contributed by atoms with E-state index < -0.39 is 23.8 Å². The molecule has 0 radical (unpaired) electrons. The maximum absolute atomic E-state index is 13.2. The van der Waals surface area contributed by atoms with Gasteiger partial charge in [0.25, 0.3) is 5.91 Å². The lowest BCUT2D eigenvalue weighted by Crippen LogP contribution is -2.30. The average Bonchev–Trinajstić information content (AvgIpc) is 3.11. The summed E-state index contributed by atoms with van der Waals surface area (Å²) in [5.41, 5.74) is 1.73. The van der Waals surface area contributed by atoms with E-state index >= 15 is 0 Å². The van der Waals surface area contributed by atoms with Gasteiger partial charge in [0.1, 0.15) is 5.82 Å². The lowest BCUT2D eigenvalue weighted by atomic mass is 10.2. The number of carbonyl (C=O) groups excluding carboxylic acids is 2. The van der Waals surface area contributed by atoms with E-state index in [-0.39, 0.29) is 5.56 Å². The van der Waals surface area contributed by atoms with Crippen molar-refractivity contribution in [3.63, 3.8) is 0 Å². The second-order valence-electron chi connectivity index (χ2n) is 5.45. The zero-order valence-electron chi connectivity index (χ0n) is 13.8. The Balaban J connectivity index is 1.61. The summed E-state index contributed by atoms with van der Waals surface area (Å²) in [6.45, 7) is 1.44. The number of nitrogens with zero attached hydrogens (tertiary/aromatic N) is 1. The van der Waals surface area contributed by atoms with Gasteiger partial charge in [-0.05, 0) is 25.1 Å². The normalized spacial score (nSPS) is 11.6. The molecule has 132 valence electrons. The number of rotatable bonds is 5. The molecule has 0 saturated heterocycles. The SMILES string of the molecule is CC(OC(=O)c1cccc(F)c1)C(=O)Nc1nc(-c2ccccc2)cs1. The Kier molecular flexibility index (Phi) is 5.38. The molecule has 1 atom stereocenters. The summed E-state index contributed by atoms with van der Waals surface area (Å²) in [5, 5.41) is 4.85. The predicted octanol–water partition coefficient (Wildman–Crippen LogP) is 4.13. The average molecular weight is 370 g/mol. The van der Waals surface area contributed by atoms with E-state index in [9.17, 15) is 14.0 Å². The van der Waals surface area contributed by atoms with E-state index in [4.69, 9.17) is 4.74 Å². The molecule has 1 N–H and O–H groups in total. The second-order valence-corrected chi connectivity index (χ2v) is 6.31. The predicted molar refractivity (Wildman–Crippen MR) is 97.5 cm³/mol. The first-order valence-electron chi connectivity index (χ1n) is 7.81. The zero-order valence-corrected chi connectivity index (χ0v) is 14.6. The fraction of sp³-hybridized carbons (Fsp3) is 0.105. The number of anilines is 1. The molecule has 0 aliphatic heterocycles. The van der Waals surface area contributed by atoms with Gasteiger partial charge < -0.3 is 4.74 Å². The van der Waals surface area contributed by atoms with Gasteiger partial charge in [-0.15, -0.1) is 11.3 Å². The molecule has 0 saturated carbocycles. The number of carbonyl (C=O) groups is 2. The third-order valence-corrected chi connectivity index (χ3v) is 4.27. The summed E-state index contributed by atoms with van der Waals surface area (Å²) in [4.78, 5) is 28.5. The molecule has 7 heteroatoms. The highest BCUT2D eigenvalue weighted by Gasteiger charge is 2.20. The van der Waals surface area contributed by atoms with Crippen LogP contribution in [0.2, 0.25) is 0 Å². The summed E-state index contributed by atoms with van der Waals surface area (Å²) in [7, 11) is 0. The fourth-order valence-corrected chi connectivity index (χ4v) is 2.90. The molecule has 5 nitrogen and oxygen atoms in total. The van der Waals surface area contributed by atoms with Crippen LogP contribution in [0.1, 0.15) is 17.3 Å². The molecule has 1 aromatic heterocycles. The maximum Gasteiger partial charge on any atom is 0.339 e. The highest BCUT2D eigenvalue weighted by molar-refractivity contribution is 7.14. The Morgan fingerprint density at radius 2 is 1.92 bits per heavy atom. The third-order valence-electron chi connectivity index (χ3n) is 3.52. The van der Waals surface area contributed by atoms with Gasteiger partial charge in [-0.1, -0.05) is 36.4 Å². The minimum atomic E-state index is -1.05. The van der Waals surface area contributed by atoms with E-state index in [1.807, 2.05) is 35.7 Å². The van der Waals surface area contributed by atoms with E-state index in [1.165, 1.54) is 36.5 Å². The molecule has 26 heavy (non-hydrogen) atoms. The van der Waals surface area contributed by atoms with Crippen LogP contribution in [0.15, 0.2) is 60.0 Å². The molecule has 0 bridgehead atoms. The van der Waals surface area contributed by atoms with Crippen molar-refractivity contribution >= 4 is 28.3 Å². The van der Waals surface area contributed by atoms with E-state index in [0.717, 1.165) is 17.3 Å². The molecule has 1 amide bonds. The van der Waals surface area contributed by atoms with Crippen molar-refractivity contribution in [3.05, 3.63) is 71.4 Å². The first-order chi connectivity index (χ1) is 12.5. The van der Waals surface area contributed by atoms with Crippen LogP contribution in [-0.4, -0.2) is 23.0 Å². The summed E-state index contributed by atoms with van der Waals surface area (Å²) >= 11 is 1.27. The monoisotopic (exact) mass is 370 g/mol.